The highest BCUT2D eigenvalue weighted by Gasteiger charge is 2.08. The number of aryl methyl sites for hydroxylation is 5. The van der Waals surface area contributed by atoms with Crippen LogP contribution in [0.15, 0.2) is 40.2 Å². The quantitative estimate of drug-likeness (QED) is 0.339. The van der Waals surface area contributed by atoms with Crippen LogP contribution in [0.25, 0.3) is 0 Å². The van der Waals surface area contributed by atoms with E-state index in [9.17, 15) is 0 Å². The van der Waals surface area contributed by atoms with E-state index in [2.05, 4.69) is 62.9 Å². The van der Waals surface area contributed by atoms with Gasteiger partial charge in [0, 0.05) is 35.2 Å². The van der Waals surface area contributed by atoms with E-state index in [4.69, 9.17) is 4.99 Å². The molecule has 0 unspecified atom stereocenters. The van der Waals surface area contributed by atoms with Crippen LogP contribution in [0.4, 0.5) is 5.69 Å². The summed E-state index contributed by atoms with van der Waals surface area (Å²) in [5, 5.41) is 0. The summed E-state index contributed by atoms with van der Waals surface area (Å²) in [7, 11) is 0. The Balaban J connectivity index is 1.60. The Morgan fingerprint density at radius 2 is 1.74 bits per heavy atom. The molecular weight excluding hydrogens is 368 g/mol. The van der Waals surface area contributed by atoms with Crippen molar-refractivity contribution in [2.24, 2.45) is 4.99 Å². The first kappa shape index (κ1) is 20.3. The largest absolute Gasteiger partial charge is 0.361 e. The molecule has 1 heterocycles. The minimum atomic E-state index is 1.09. The second kappa shape index (κ2) is 9.70. The van der Waals surface area contributed by atoms with Gasteiger partial charge in [0.2, 0.25) is 0 Å². The van der Waals surface area contributed by atoms with Crippen LogP contribution in [0.3, 0.4) is 0 Å². The third-order valence-electron chi connectivity index (χ3n) is 5.18. The van der Waals surface area contributed by atoms with Crippen LogP contribution in [-0.4, -0.2) is 41.6 Å². The Labute approximate surface area is 172 Å². The summed E-state index contributed by atoms with van der Waals surface area (Å²) in [5.74, 6) is 3.53. The third kappa shape index (κ3) is 5.79. The highest BCUT2D eigenvalue weighted by atomic mass is 32.2. The van der Waals surface area contributed by atoms with Crippen molar-refractivity contribution in [2.45, 2.75) is 39.0 Å². The number of aliphatic imine (C=N–C) groups is 1. The summed E-state index contributed by atoms with van der Waals surface area (Å²) in [6, 6.07) is 11.3. The van der Waals surface area contributed by atoms with Crippen molar-refractivity contribution >= 4 is 35.5 Å². The van der Waals surface area contributed by atoms with Gasteiger partial charge in [-0.05, 0) is 80.1 Å². The molecule has 1 aliphatic heterocycles. The van der Waals surface area contributed by atoms with E-state index in [1.807, 2.05) is 29.9 Å². The van der Waals surface area contributed by atoms with Gasteiger partial charge in [0.25, 0.3) is 0 Å². The minimum Gasteiger partial charge on any atom is -0.361 e. The lowest BCUT2D eigenvalue weighted by atomic mass is 10.0. The van der Waals surface area contributed by atoms with Gasteiger partial charge in [0.15, 0.2) is 0 Å². The summed E-state index contributed by atoms with van der Waals surface area (Å²) in [5.41, 5.74) is 7.91. The molecular formula is C23H30N2S2. The number of rotatable bonds is 6. The van der Waals surface area contributed by atoms with Crippen molar-refractivity contribution in [3.8, 4) is 0 Å². The van der Waals surface area contributed by atoms with Crippen LogP contribution in [0.5, 0.6) is 0 Å². The second-order valence-corrected chi connectivity index (χ2v) is 9.70. The Bertz CT molecular complexity index is 808. The van der Waals surface area contributed by atoms with Crippen LogP contribution in [-0.2, 0) is 6.42 Å². The molecule has 144 valence electrons. The standard InChI is InChI=1S/C23H30N2S2/c1-17-5-6-22(14-18(17)2)27-10-7-21-13-20(4)23(15-19(21)3)24-16-25-8-11-26-12-9-25/h5-6,13-16H,7-12H2,1-4H3. The number of benzene rings is 2. The number of nitrogens with zero attached hydrogens (tertiary/aromatic N) is 2. The first-order valence-electron chi connectivity index (χ1n) is 9.69. The molecule has 0 N–H and O–H groups in total. The average Bonchev–Trinajstić information content (AvgIpc) is 2.67. The number of hydrogen-bond donors (Lipinski definition) is 0. The maximum atomic E-state index is 4.76. The van der Waals surface area contributed by atoms with Crippen molar-refractivity contribution < 1.29 is 0 Å². The lowest BCUT2D eigenvalue weighted by Gasteiger charge is -2.23. The van der Waals surface area contributed by atoms with Gasteiger partial charge in [-0.1, -0.05) is 12.1 Å². The first-order chi connectivity index (χ1) is 13.0. The molecule has 0 aliphatic carbocycles. The summed E-state index contributed by atoms with van der Waals surface area (Å²) >= 11 is 3.98. The highest BCUT2D eigenvalue weighted by Crippen LogP contribution is 2.26. The zero-order valence-electron chi connectivity index (χ0n) is 16.9. The van der Waals surface area contributed by atoms with E-state index in [0.717, 1.165) is 31.0 Å². The topological polar surface area (TPSA) is 15.6 Å². The fraction of sp³-hybridized carbons (Fsp3) is 0.435. The van der Waals surface area contributed by atoms with E-state index >= 15 is 0 Å². The molecule has 0 atom stereocenters. The van der Waals surface area contributed by atoms with Gasteiger partial charge in [0.05, 0.1) is 12.0 Å². The van der Waals surface area contributed by atoms with E-state index in [0.29, 0.717) is 0 Å². The monoisotopic (exact) mass is 398 g/mol. The molecule has 27 heavy (non-hydrogen) atoms. The molecule has 2 aromatic carbocycles. The molecule has 1 saturated heterocycles. The van der Waals surface area contributed by atoms with Gasteiger partial charge in [-0.15, -0.1) is 11.8 Å². The zero-order valence-corrected chi connectivity index (χ0v) is 18.6. The van der Waals surface area contributed by atoms with Crippen molar-refractivity contribution in [1.82, 2.24) is 4.90 Å². The van der Waals surface area contributed by atoms with E-state index in [1.165, 1.54) is 44.2 Å². The molecule has 2 aromatic rings. The van der Waals surface area contributed by atoms with Crippen LogP contribution < -0.4 is 0 Å². The Hall–Kier alpha value is -1.39. The molecule has 0 bridgehead atoms. The van der Waals surface area contributed by atoms with Gasteiger partial charge in [0.1, 0.15) is 0 Å². The predicted octanol–water partition coefficient (Wildman–Crippen LogP) is 5.96. The van der Waals surface area contributed by atoms with Gasteiger partial charge in [-0.3, -0.25) is 0 Å². The first-order valence-corrected chi connectivity index (χ1v) is 11.8. The lowest BCUT2D eigenvalue weighted by molar-refractivity contribution is 0.477. The smallest absolute Gasteiger partial charge is 0.0912 e. The molecule has 1 fully saturated rings. The van der Waals surface area contributed by atoms with Crippen LogP contribution >= 0.6 is 23.5 Å². The van der Waals surface area contributed by atoms with Crippen LogP contribution in [0, 0.1) is 27.7 Å². The predicted molar refractivity (Wildman–Crippen MR) is 123 cm³/mol. The molecule has 0 aromatic heterocycles. The molecule has 1 aliphatic rings. The highest BCUT2D eigenvalue weighted by molar-refractivity contribution is 7.99. The normalized spacial score (nSPS) is 14.9. The Morgan fingerprint density at radius 1 is 0.963 bits per heavy atom. The minimum absolute atomic E-state index is 1.09. The molecule has 0 amide bonds. The molecule has 4 heteroatoms. The van der Waals surface area contributed by atoms with E-state index < -0.39 is 0 Å². The Morgan fingerprint density at radius 3 is 2.48 bits per heavy atom. The molecule has 0 saturated carbocycles. The third-order valence-corrected chi connectivity index (χ3v) is 7.12. The number of thioether (sulfide) groups is 2. The van der Waals surface area contributed by atoms with Gasteiger partial charge < -0.3 is 4.90 Å². The van der Waals surface area contributed by atoms with Crippen molar-refractivity contribution in [1.29, 1.82) is 0 Å². The average molecular weight is 399 g/mol. The van der Waals surface area contributed by atoms with Gasteiger partial charge in [-0.2, -0.15) is 11.8 Å². The van der Waals surface area contributed by atoms with Crippen molar-refractivity contribution in [3.05, 3.63) is 58.1 Å². The fourth-order valence-corrected chi connectivity index (χ4v) is 5.10. The molecule has 0 spiro atoms. The molecule has 2 nitrogen and oxygen atoms in total. The molecule has 0 radical (unpaired) electrons. The van der Waals surface area contributed by atoms with Crippen molar-refractivity contribution in [3.63, 3.8) is 0 Å². The summed E-state index contributed by atoms with van der Waals surface area (Å²) < 4.78 is 0. The SMILES string of the molecule is Cc1ccc(SCCc2cc(C)c(N=CN3CCSCC3)cc2C)cc1C. The maximum Gasteiger partial charge on any atom is 0.0912 e. The van der Waals surface area contributed by atoms with E-state index in [-0.39, 0.29) is 0 Å². The van der Waals surface area contributed by atoms with E-state index in [1.54, 1.807) is 0 Å². The van der Waals surface area contributed by atoms with Crippen molar-refractivity contribution in [2.75, 3.05) is 30.3 Å². The summed E-state index contributed by atoms with van der Waals surface area (Å²) in [4.78, 5) is 8.47. The number of hydrogen-bond acceptors (Lipinski definition) is 3. The Kier molecular flexibility index (Phi) is 7.31. The second-order valence-electron chi connectivity index (χ2n) is 7.30. The maximum absolute atomic E-state index is 4.76. The van der Waals surface area contributed by atoms with Crippen LogP contribution in [0.1, 0.15) is 27.8 Å². The fourth-order valence-electron chi connectivity index (χ4n) is 3.19. The van der Waals surface area contributed by atoms with Crippen LogP contribution in [0.2, 0.25) is 0 Å². The lowest BCUT2D eigenvalue weighted by Crippen LogP contribution is -2.31. The van der Waals surface area contributed by atoms with Gasteiger partial charge in [-0.25, -0.2) is 4.99 Å². The molecule has 3 rings (SSSR count). The summed E-state index contributed by atoms with van der Waals surface area (Å²) in [6.07, 6.45) is 3.13. The zero-order chi connectivity index (χ0) is 19.2. The summed E-state index contributed by atoms with van der Waals surface area (Å²) in [6.45, 7) is 11.0. The van der Waals surface area contributed by atoms with Gasteiger partial charge >= 0.3 is 0 Å².